The van der Waals surface area contributed by atoms with Gasteiger partial charge in [0.1, 0.15) is 5.75 Å². The van der Waals surface area contributed by atoms with E-state index in [9.17, 15) is 23.1 Å². The number of aromatic hydroxyl groups is 1. The molecule has 1 aliphatic heterocycles. The van der Waals surface area contributed by atoms with Crippen LogP contribution in [0.25, 0.3) is 11.0 Å². The highest BCUT2D eigenvalue weighted by Gasteiger charge is 2.31. The number of H-pyrrole nitrogens is 1. The number of alkyl halides is 3. The number of nitrogens with one attached hydrogen (secondary N) is 1. The van der Waals surface area contributed by atoms with E-state index in [0.29, 0.717) is 50.5 Å². The fourth-order valence-corrected chi connectivity index (χ4v) is 3.72. The van der Waals surface area contributed by atoms with Crippen molar-refractivity contribution in [1.29, 1.82) is 0 Å². The Morgan fingerprint density at radius 3 is 2.48 bits per heavy atom. The maximum Gasteiger partial charge on any atom is 0.416 e. The van der Waals surface area contributed by atoms with Crippen LogP contribution in [0.15, 0.2) is 47.3 Å². The number of fused-ring (bicyclic) bond motifs is 1. The molecule has 9 heteroatoms. The Hall–Kier alpha value is -2.94. The van der Waals surface area contributed by atoms with Gasteiger partial charge in [-0.1, -0.05) is 6.07 Å². The molecule has 0 spiro atoms. The lowest BCUT2D eigenvalue weighted by Crippen LogP contribution is -2.47. The van der Waals surface area contributed by atoms with E-state index in [1.54, 1.807) is 22.8 Å². The van der Waals surface area contributed by atoms with Gasteiger partial charge >= 0.3 is 11.9 Å². The van der Waals surface area contributed by atoms with Gasteiger partial charge in [-0.2, -0.15) is 13.2 Å². The van der Waals surface area contributed by atoms with Gasteiger partial charge in [-0.25, -0.2) is 4.79 Å². The lowest BCUT2D eigenvalue weighted by molar-refractivity contribution is -0.137. The molecule has 3 aromatic rings. The zero-order chi connectivity index (χ0) is 20.6. The molecule has 154 valence electrons. The van der Waals surface area contributed by atoms with Gasteiger partial charge in [0, 0.05) is 51.0 Å². The minimum atomic E-state index is -4.35. The molecule has 0 saturated carbocycles. The van der Waals surface area contributed by atoms with Gasteiger partial charge in [-0.15, -0.1) is 0 Å². The fraction of sp³-hybridized carbons (Fsp3) is 0.350. The zero-order valence-electron chi connectivity index (χ0n) is 15.6. The molecule has 1 fully saturated rings. The van der Waals surface area contributed by atoms with E-state index in [1.807, 2.05) is 4.90 Å². The Balaban J connectivity index is 1.38. The molecule has 2 aromatic carbocycles. The summed E-state index contributed by atoms with van der Waals surface area (Å²) in [6, 6.07) is 10.2. The van der Waals surface area contributed by atoms with Crippen LogP contribution in [0.3, 0.4) is 0 Å². The SMILES string of the molecule is O=c1[nH]c2cc(O)ccc2n1CCN1CCN(c2cccc(C(F)(F)F)c2)CC1. The van der Waals surface area contributed by atoms with E-state index >= 15 is 0 Å². The van der Waals surface area contributed by atoms with Crippen molar-refractivity contribution >= 4 is 16.7 Å². The molecule has 1 saturated heterocycles. The normalized spacial score (nSPS) is 15.9. The summed E-state index contributed by atoms with van der Waals surface area (Å²) in [6.45, 7) is 3.80. The molecule has 2 N–H and O–H groups in total. The van der Waals surface area contributed by atoms with Crippen LogP contribution in [0.5, 0.6) is 5.75 Å². The van der Waals surface area contributed by atoms with Crippen LogP contribution in [-0.2, 0) is 12.7 Å². The van der Waals surface area contributed by atoms with Crippen molar-refractivity contribution in [1.82, 2.24) is 14.5 Å². The minimum Gasteiger partial charge on any atom is -0.508 e. The number of phenolic OH excluding ortho intramolecular Hbond substituents is 1. The van der Waals surface area contributed by atoms with Crippen molar-refractivity contribution in [2.75, 3.05) is 37.6 Å². The molecule has 4 rings (SSSR count). The average molecular weight is 406 g/mol. The Bertz CT molecular complexity index is 1070. The Morgan fingerprint density at radius 2 is 1.76 bits per heavy atom. The molecule has 0 amide bonds. The predicted octanol–water partition coefficient (Wildman–Crippen LogP) is 2.88. The largest absolute Gasteiger partial charge is 0.508 e. The molecule has 0 atom stereocenters. The number of aromatic amines is 1. The van der Waals surface area contributed by atoms with Crippen LogP contribution in [0.1, 0.15) is 5.56 Å². The standard InChI is InChI=1S/C20H21F3N4O2/c21-20(22,23)14-2-1-3-15(12-14)26-9-6-25(7-10-26)8-11-27-18-5-4-16(28)13-17(18)24-19(27)29/h1-5,12-13,28H,6-11H2,(H,24,29). The van der Waals surface area contributed by atoms with Gasteiger partial charge in [0.25, 0.3) is 0 Å². The lowest BCUT2D eigenvalue weighted by Gasteiger charge is -2.36. The zero-order valence-corrected chi connectivity index (χ0v) is 15.6. The molecule has 1 aromatic heterocycles. The maximum absolute atomic E-state index is 12.9. The van der Waals surface area contributed by atoms with Gasteiger partial charge < -0.3 is 15.0 Å². The Labute approximate surface area is 164 Å². The molecule has 6 nitrogen and oxygen atoms in total. The van der Waals surface area contributed by atoms with Crippen LogP contribution >= 0.6 is 0 Å². The van der Waals surface area contributed by atoms with E-state index in [2.05, 4.69) is 9.88 Å². The number of halogens is 3. The highest BCUT2D eigenvalue weighted by Crippen LogP contribution is 2.31. The van der Waals surface area contributed by atoms with E-state index in [0.717, 1.165) is 11.6 Å². The third-order valence-corrected chi connectivity index (χ3v) is 5.31. The lowest BCUT2D eigenvalue weighted by atomic mass is 10.1. The molecule has 29 heavy (non-hydrogen) atoms. The number of nitrogens with zero attached hydrogens (tertiary/aromatic N) is 3. The third-order valence-electron chi connectivity index (χ3n) is 5.31. The summed E-state index contributed by atoms with van der Waals surface area (Å²) in [4.78, 5) is 19.1. The average Bonchev–Trinajstić information content (AvgIpc) is 3.00. The van der Waals surface area contributed by atoms with Gasteiger partial charge in [0.2, 0.25) is 0 Å². The van der Waals surface area contributed by atoms with Crippen molar-refractivity contribution in [3.05, 3.63) is 58.5 Å². The second-order valence-corrected chi connectivity index (χ2v) is 7.16. The second kappa shape index (κ2) is 7.47. The van der Waals surface area contributed by atoms with Gasteiger partial charge in [-0.05, 0) is 30.3 Å². The number of aromatic nitrogens is 2. The first-order chi connectivity index (χ1) is 13.8. The first-order valence-corrected chi connectivity index (χ1v) is 9.37. The highest BCUT2D eigenvalue weighted by molar-refractivity contribution is 5.76. The molecule has 1 aliphatic rings. The minimum absolute atomic E-state index is 0.0941. The molecule has 0 aliphatic carbocycles. The van der Waals surface area contributed by atoms with Crippen molar-refractivity contribution in [3.8, 4) is 5.75 Å². The summed E-state index contributed by atoms with van der Waals surface area (Å²) < 4.78 is 40.4. The predicted molar refractivity (Wildman–Crippen MR) is 104 cm³/mol. The fourth-order valence-electron chi connectivity index (χ4n) is 3.72. The van der Waals surface area contributed by atoms with E-state index in [-0.39, 0.29) is 11.4 Å². The number of benzene rings is 2. The number of piperazine rings is 1. The van der Waals surface area contributed by atoms with Gasteiger partial charge in [0.05, 0.1) is 16.6 Å². The van der Waals surface area contributed by atoms with E-state index in [4.69, 9.17) is 0 Å². The first-order valence-electron chi connectivity index (χ1n) is 9.37. The maximum atomic E-state index is 12.9. The Morgan fingerprint density at radius 1 is 1.00 bits per heavy atom. The van der Waals surface area contributed by atoms with E-state index in [1.165, 1.54) is 18.2 Å². The summed E-state index contributed by atoms with van der Waals surface area (Å²) in [6.07, 6.45) is -4.35. The monoisotopic (exact) mass is 406 g/mol. The molecular formula is C20H21F3N4O2. The quantitative estimate of drug-likeness (QED) is 0.700. The highest BCUT2D eigenvalue weighted by atomic mass is 19.4. The van der Waals surface area contributed by atoms with Gasteiger partial charge in [0.15, 0.2) is 0 Å². The molecule has 0 bridgehead atoms. The summed E-state index contributed by atoms with van der Waals surface area (Å²) in [5.74, 6) is 0.0941. The molecule has 0 unspecified atom stereocenters. The van der Waals surface area contributed by atoms with Crippen LogP contribution in [0.4, 0.5) is 18.9 Å². The number of rotatable bonds is 4. The second-order valence-electron chi connectivity index (χ2n) is 7.16. The van der Waals surface area contributed by atoms with Crippen molar-refractivity contribution < 1.29 is 18.3 Å². The molecular weight excluding hydrogens is 385 g/mol. The van der Waals surface area contributed by atoms with Crippen LogP contribution < -0.4 is 10.6 Å². The van der Waals surface area contributed by atoms with Crippen molar-refractivity contribution in [2.24, 2.45) is 0 Å². The van der Waals surface area contributed by atoms with E-state index < -0.39 is 11.7 Å². The number of phenols is 1. The van der Waals surface area contributed by atoms with Crippen molar-refractivity contribution in [2.45, 2.75) is 12.7 Å². The number of anilines is 1. The number of hydrogen-bond donors (Lipinski definition) is 2. The topological polar surface area (TPSA) is 64.5 Å². The molecule has 0 radical (unpaired) electrons. The third kappa shape index (κ3) is 4.09. The van der Waals surface area contributed by atoms with Gasteiger partial charge in [-0.3, -0.25) is 9.47 Å². The summed E-state index contributed by atoms with van der Waals surface area (Å²) in [7, 11) is 0. The summed E-state index contributed by atoms with van der Waals surface area (Å²) in [5, 5.41) is 9.54. The van der Waals surface area contributed by atoms with Crippen LogP contribution in [0.2, 0.25) is 0 Å². The number of imidazole rings is 1. The first kappa shape index (κ1) is 19.4. The Kier molecular flexibility index (Phi) is 4.99. The van der Waals surface area contributed by atoms with Crippen LogP contribution in [0, 0.1) is 0 Å². The smallest absolute Gasteiger partial charge is 0.416 e. The van der Waals surface area contributed by atoms with Crippen LogP contribution in [-0.4, -0.2) is 52.3 Å². The molecule has 2 heterocycles. The summed E-state index contributed by atoms with van der Waals surface area (Å²) in [5.41, 5.74) is 1.03. The number of hydrogen-bond acceptors (Lipinski definition) is 4. The van der Waals surface area contributed by atoms with Crippen molar-refractivity contribution in [3.63, 3.8) is 0 Å². The summed E-state index contributed by atoms with van der Waals surface area (Å²) >= 11 is 0.